The molecular weight excluding hydrogens is 1240 g/mol. The highest BCUT2D eigenvalue weighted by Crippen LogP contribution is 2.15. The predicted molar refractivity (Wildman–Crippen MR) is 392 cm³/mol. The SMILES string of the molecule is CCCCCCc1ccc(C#Cc2ccc(Cl)cn2)cc1.CCCCCc1ccc(C#Cc2ccc(Cl)cn2)cc1.CCCCc1ccc(C#Cc2ccc(Cl)cn2)cc1.CCc1ccc(C#Cc2ccc(Cl)cn2)cc1.Cc1ccc(C#Cc2ccc(Cl)cn2)cc1. The fraction of sp³-hybridized carbons (Fsp3) is 0.217. The summed E-state index contributed by atoms with van der Waals surface area (Å²) in [5, 5.41) is 3.15. The van der Waals surface area contributed by atoms with Gasteiger partial charge in [0.25, 0.3) is 0 Å². The molecule has 468 valence electrons. The van der Waals surface area contributed by atoms with Crippen molar-refractivity contribution in [3.8, 4) is 59.2 Å². The van der Waals surface area contributed by atoms with Gasteiger partial charge < -0.3 is 0 Å². The number of aromatic nitrogens is 5. The van der Waals surface area contributed by atoms with E-state index in [0.29, 0.717) is 25.1 Å². The summed E-state index contributed by atoms with van der Waals surface area (Å²) < 4.78 is 0. The zero-order chi connectivity index (χ0) is 66.1. The second-order valence-corrected chi connectivity index (χ2v) is 23.6. The van der Waals surface area contributed by atoms with Gasteiger partial charge in [-0.3, -0.25) is 0 Å². The Bertz CT molecular complexity index is 4070. The van der Waals surface area contributed by atoms with Gasteiger partial charge in [-0.1, -0.05) is 220 Å². The van der Waals surface area contributed by atoms with Crippen LogP contribution in [-0.4, -0.2) is 24.9 Å². The summed E-state index contributed by atoms with van der Waals surface area (Å²) >= 11 is 28.8. The fourth-order valence-electron chi connectivity index (χ4n) is 8.37. The van der Waals surface area contributed by atoms with Crippen molar-refractivity contribution in [1.29, 1.82) is 0 Å². The lowest BCUT2D eigenvalue weighted by Gasteiger charge is -2.01. The summed E-state index contributed by atoms with van der Waals surface area (Å²) in [6, 6.07) is 59.8. The van der Waals surface area contributed by atoms with Gasteiger partial charge in [-0.15, -0.1) is 0 Å². The van der Waals surface area contributed by atoms with Crippen LogP contribution in [0.2, 0.25) is 25.1 Å². The molecule has 0 N–H and O–H groups in total. The van der Waals surface area contributed by atoms with Crippen LogP contribution in [0.4, 0.5) is 0 Å². The number of aryl methyl sites for hydroxylation is 5. The highest BCUT2D eigenvalue weighted by Gasteiger charge is 1.99. The van der Waals surface area contributed by atoms with E-state index in [-0.39, 0.29) is 0 Å². The van der Waals surface area contributed by atoms with Gasteiger partial charge in [-0.2, -0.15) is 0 Å². The summed E-state index contributed by atoms with van der Waals surface area (Å²) in [5.74, 6) is 30.6. The molecular formula is C83H76Cl5N5. The summed E-state index contributed by atoms with van der Waals surface area (Å²) in [6.07, 6.45) is 24.0. The Hall–Kier alpha value is -8.90. The van der Waals surface area contributed by atoms with Crippen molar-refractivity contribution in [3.63, 3.8) is 0 Å². The minimum Gasteiger partial charge on any atom is -0.246 e. The van der Waals surface area contributed by atoms with E-state index in [1.54, 1.807) is 61.3 Å². The minimum atomic E-state index is 0.626. The maximum atomic E-state index is 5.80. The summed E-state index contributed by atoms with van der Waals surface area (Å²) in [4.78, 5) is 20.7. The van der Waals surface area contributed by atoms with Crippen molar-refractivity contribution in [3.05, 3.63) is 322 Å². The molecule has 5 nitrogen and oxygen atoms in total. The molecule has 10 rings (SSSR count). The molecule has 0 saturated heterocycles. The maximum absolute atomic E-state index is 5.80. The maximum Gasteiger partial charge on any atom is 0.113 e. The van der Waals surface area contributed by atoms with Crippen molar-refractivity contribution in [2.75, 3.05) is 0 Å². The molecule has 0 aliphatic rings. The molecule has 5 aromatic heterocycles. The first-order chi connectivity index (χ1) is 45.3. The van der Waals surface area contributed by atoms with E-state index < -0.39 is 0 Å². The smallest absolute Gasteiger partial charge is 0.113 e. The van der Waals surface area contributed by atoms with Crippen molar-refractivity contribution in [2.45, 2.75) is 118 Å². The summed E-state index contributed by atoms with van der Waals surface area (Å²) in [7, 11) is 0. The average Bonchev–Trinajstić information content (AvgIpc) is 3.24. The summed E-state index contributed by atoms with van der Waals surface area (Å²) in [5.41, 5.74) is 15.4. The van der Waals surface area contributed by atoms with Gasteiger partial charge in [0.1, 0.15) is 28.5 Å². The van der Waals surface area contributed by atoms with Crippen LogP contribution in [0.25, 0.3) is 0 Å². The molecule has 5 heterocycles. The molecule has 10 heteroatoms. The van der Waals surface area contributed by atoms with Crippen LogP contribution in [-0.2, 0) is 25.7 Å². The molecule has 0 saturated carbocycles. The molecule has 10 aromatic rings. The molecule has 0 fully saturated rings. The lowest BCUT2D eigenvalue weighted by Crippen LogP contribution is -1.86. The number of nitrogens with zero attached hydrogens (tertiary/aromatic N) is 5. The first-order valence-electron chi connectivity index (χ1n) is 31.5. The zero-order valence-electron chi connectivity index (χ0n) is 53.5. The second kappa shape index (κ2) is 43.0. The minimum absolute atomic E-state index is 0.626. The van der Waals surface area contributed by atoms with Crippen molar-refractivity contribution >= 4 is 58.0 Å². The topological polar surface area (TPSA) is 64.5 Å². The van der Waals surface area contributed by atoms with Crippen LogP contribution < -0.4 is 0 Å². The first-order valence-corrected chi connectivity index (χ1v) is 33.3. The molecule has 5 aromatic carbocycles. The number of hydrogen-bond acceptors (Lipinski definition) is 5. The monoisotopic (exact) mass is 1320 g/mol. The molecule has 0 radical (unpaired) electrons. The molecule has 0 atom stereocenters. The predicted octanol–water partition coefficient (Wildman–Crippen LogP) is 21.7. The van der Waals surface area contributed by atoms with E-state index >= 15 is 0 Å². The van der Waals surface area contributed by atoms with Crippen LogP contribution >= 0.6 is 58.0 Å². The highest BCUT2D eigenvalue weighted by atomic mass is 35.5. The second-order valence-electron chi connectivity index (χ2n) is 21.4. The molecule has 0 aliphatic heterocycles. The van der Waals surface area contributed by atoms with Gasteiger partial charge in [0.05, 0.1) is 25.1 Å². The lowest BCUT2D eigenvalue weighted by molar-refractivity contribution is 0.667. The molecule has 93 heavy (non-hydrogen) atoms. The van der Waals surface area contributed by atoms with E-state index in [1.165, 1.54) is 85.6 Å². The number of hydrogen-bond donors (Lipinski definition) is 0. The Morgan fingerprint density at radius 1 is 0.247 bits per heavy atom. The van der Waals surface area contributed by atoms with E-state index in [9.17, 15) is 0 Å². The molecule has 0 bridgehead atoms. The lowest BCUT2D eigenvalue weighted by atomic mass is 10.0. The van der Waals surface area contributed by atoms with Gasteiger partial charge in [0.15, 0.2) is 0 Å². The van der Waals surface area contributed by atoms with Crippen molar-refractivity contribution < 1.29 is 0 Å². The highest BCUT2D eigenvalue weighted by molar-refractivity contribution is 6.31. The van der Waals surface area contributed by atoms with Crippen LogP contribution in [0.3, 0.4) is 0 Å². The quantitative estimate of drug-likeness (QED) is 0.0850. The number of pyridine rings is 5. The van der Waals surface area contributed by atoms with Gasteiger partial charge in [0.2, 0.25) is 0 Å². The third-order valence-corrected chi connectivity index (χ3v) is 14.9. The number of halogens is 5. The Morgan fingerprint density at radius 3 is 0.731 bits per heavy atom. The largest absolute Gasteiger partial charge is 0.246 e. The average molecular weight is 1320 g/mol. The molecule has 0 unspecified atom stereocenters. The normalized spacial score (nSPS) is 9.74. The number of benzene rings is 5. The van der Waals surface area contributed by atoms with E-state index in [4.69, 9.17) is 58.0 Å². The Balaban J connectivity index is 0.000000185. The van der Waals surface area contributed by atoms with E-state index in [0.717, 1.165) is 82.0 Å². The third-order valence-electron chi connectivity index (χ3n) is 13.8. The van der Waals surface area contributed by atoms with Gasteiger partial charge in [-0.05, 0) is 225 Å². The van der Waals surface area contributed by atoms with Crippen LogP contribution in [0.5, 0.6) is 0 Å². The molecule has 0 spiro atoms. The van der Waals surface area contributed by atoms with E-state index in [1.807, 2.05) is 66.7 Å². The van der Waals surface area contributed by atoms with E-state index in [2.05, 4.69) is 204 Å². The van der Waals surface area contributed by atoms with Crippen molar-refractivity contribution in [1.82, 2.24) is 24.9 Å². The van der Waals surface area contributed by atoms with Gasteiger partial charge >= 0.3 is 0 Å². The van der Waals surface area contributed by atoms with Gasteiger partial charge in [-0.25, -0.2) is 24.9 Å². The van der Waals surface area contributed by atoms with Crippen molar-refractivity contribution in [2.24, 2.45) is 0 Å². The van der Waals surface area contributed by atoms with Crippen LogP contribution in [0, 0.1) is 66.1 Å². The summed E-state index contributed by atoms with van der Waals surface area (Å²) in [6.45, 7) is 10.9. The fourth-order valence-corrected chi connectivity index (χ4v) is 8.93. The molecule has 0 amide bonds. The Morgan fingerprint density at radius 2 is 0.484 bits per heavy atom. The standard InChI is InChI=1S/C19H20ClN.C18H18ClN.C17H16ClN.C15H12ClN.C14H10ClN/c1-2-3-4-5-6-16-7-9-17(10-8-16)11-13-19-14-12-18(20)15-21-19;1-2-3-4-5-15-6-8-16(9-7-15)10-12-18-13-11-17(19)14-20-18;1-2-3-4-14-5-7-15(8-6-14)9-11-17-12-10-16(18)13-19-17;1-2-12-3-5-13(6-4-12)7-9-15-10-8-14(16)11-17-15;1-11-2-4-12(5-3-11)6-8-14-9-7-13(15)10-16-14/h7-10,12,14-15H,2-6H2,1H3;6-9,11,13-14H,2-5H2,1H3;5-8,10,12-13H,2-4H2,1H3;3-6,8,10-11H,2H2,1H3;2-5,7,9-10H,1H3. The van der Waals surface area contributed by atoms with Gasteiger partial charge in [0, 0.05) is 58.8 Å². The Labute approximate surface area is 578 Å². The molecule has 0 aliphatic carbocycles. The van der Waals surface area contributed by atoms with Crippen LogP contribution in [0.1, 0.15) is 170 Å². The van der Waals surface area contributed by atoms with Crippen LogP contribution in [0.15, 0.2) is 213 Å². The number of rotatable bonds is 13. The first kappa shape index (κ1) is 73.2. The number of unbranched alkanes of at least 4 members (excludes halogenated alkanes) is 6. The third kappa shape index (κ3) is 30.9. The Kier molecular flexibility index (Phi) is 33.8. The zero-order valence-corrected chi connectivity index (χ0v) is 57.3.